The molecule has 208 valence electrons. The molecule has 1 saturated heterocycles. The SMILES string of the molecule is Cc1ccc(C(C)(C)C)cc1N(C(=O)Nc1ccc(NC(=O)CN2CCOCC2)c2ccccc12)c1ccn[nH]1. The number of carbonyl (C=O) groups is 2. The Bertz CT molecular complexity index is 1500. The lowest BCUT2D eigenvalue weighted by Crippen LogP contribution is -2.41. The van der Waals surface area contributed by atoms with Gasteiger partial charge in [-0.2, -0.15) is 5.10 Å². The number of aromatic nitrogens is 2. The minimum Gasteiger partial charge on any atom is -0.379 e. The maximum atomic E-state index is 13.9. The van der Waals surface area contributed by atoms with Gasteiger partial charge in [0.05, 0.1) is 37.3 Å². The van der Waals surface area contributed by atoms with Gasteiger partial charge < -0.3 is 15.4 Å². The zero-order valence-corrected chi connectivity index (χ0v) is 23.5. The molecule has 1 aliphatic heterocycles. The van der Waals surface area contributed by atoms with Crippen molar-refractivity contribution in [3.8, 4) is 0 Å². The number of rotatable bonds is 6. The zero-order chi connectivity index (χ0) is 28.3. The minimum atomic E-state index is -0.326. The van der Waals surface area contributed by atoms with Gasteiger partial charge in [-0.05, 0) is 41.7 Å². The molecule has 0 bridgehead atoms. The molecule has 1 aliphatic rings. The lowest BCUT2D eigenvalue weighted by Gasteiger charge is -2.27. The van der Waals surface area contributed by atoms with Gasteiger partial charge in [0, 0.05) is 35.6 Å². The third-order valence-electron chi connectivity index (χ3n) is 7.16. The van der Waals surface area contributed by atoms with Crippen LogP contribution in [-0.4, -0.2) is 59.9 Å². The summed E-state index contributed by atoms with van der Waals surface area (Å²) in [6.07, 6.45) is 1.63. The number of morpholine rings is 1. The Kier molecular flexibility index (Phi) is 7.86. The first-order chi connectivity index (χ1) is 19.2. The Morgan fingerprint density at radius 2 is 1.65 bits per heavy atom. The van der Waals surface area contributed by atoms with Gasteiger partial charge in [0.2, 0.25) is 5.91 Å². The molecule has 0 atom stereocenters. The van der Waals surface area contributed by atoms with Crippen molar-refractivity contribution in [3.05, 3.63) is 78.0 Å². The van der Waals surface area contributed by atoms with Gasteiger partial charge in [0.25, 0.3) is 0 Å². The average molecular weight is 541 g/mol. The highest BCUT2D eigenvalue weighted by atomic mass is 16.5. The van der Waals surface area contributed by atoms with E-state index < -0.39 is 0 Å². The lowest BCUT2D eigenvalue weighted by atomic mass is 9.86. The molecule has 1 aromatic heterocycles. The average Bonchev–Trinajstić information content (AvgIpc) is 3.45. The van der Waals surface area contributed by atoms with Crippen LogP contribution in [0.1, 0.15) is 31.9 Å². The standard InChI is InChI=1S/C31H36N6O3/c1-21-9-10-22(31(2,3)4)19-27(21)37(28-13-14-32-35-28)30(39)34-26-12-11-25(23-7-5-6-8-24(23)26)33-29(38)20-36-15-17-40-18-16-36/h5-14,19H,15-18,20H2,1-4H3,(H,32,35)(H,33,38)(H,34,39). The summed E-state index contributed by atoms with van der Waals surface area (Å²) in [5, 5.41) is 14.9. The van der Waals surface area contributed by atoms with E-state index >= 15 is 0 Å². The lowest BCUT2D eigenvalue weighted by molar-refractivity contribution is -0.118. The molecule has 3 aromatic carbocycles. The van der Waals surface area contributed by atoms with E-state index in [1.54, 1.807) is 17.2 Å². The van der Waals surface area contributed by atoms with Crippen molar-refractivity contribution in [3.63, 3.8) is 0 Å². The molecule has 4 aromatic rings. The number of fused-ring (bicyclic) bond motifs is 1. The van der Waals surface area contributed by atoms with Crippen molar-refractivity contribution in [1.29, 1.82) is 0 Å². The van der Waals surface area contributed by atoms with Gasteiger partial charge in [0.1, 0.15) is 5.82 Å². The molecular weight excluding hydrogens is 504 g/mol. The van der Waals surface area contributed by atoms with Crippen molar-refractivity contribution in [2.45, 2.75) is 33.1 Å². The summed E-state index contributed by atoms with van der Waals surface area (Å²) in [7, 11) is 0. The van der Waals surface area contributed by atoms with E-state index in [1.165, 1.54) is 0 Å². The molecule has 0 spiro atoms. The number of aryl methyl sites for hydroxylation is 1. The molecule has 0 saturated carbocycles. The molecule has 0 radical (unpaired) electrons. The van der Waals surface area contributed by atoms with Crippen molar-refractivity contribution >= 4 is 45.6 Å². The predicted octanol–water partition coefficient (Wildman–Crippen LogP) is 5.81. The maximum absolute atomic E-state index is 13.9. The number of nitrogens with one attached hydrogen (secondary N) is 3. The molecule has 0 aliphatic carbocycles. The first-order valence-corrected chi connectivity index (χ1v) is 13.5. The molecule has 2 heterocycles. The summed E-state index contributed by atoms with van der Waals surface area (Å²) in [4.78, 5) is 30.4. The summed E-state index contributed by atoms with van der Waals surface area (Å²) in [6.45, 7) is 11.5. The molecular formula is C31H36N6O3. The largest absolute Gasteiger partial charge is 0.379 e. The molecule has 0 unspecified atom stereocenters. The Labute approximate surface area is 234 Å². The number of anilines is 4. The van der Waals surface area contributed by atoms with E-state index in [9.17, 15) is 9.59 Å². The molecule has 9 nitrogen and oxygen atoms in total. The Balaban J connectivity index is 1.44. The highest BCUT2D eigenvalue weighted by Gasteiger charge is 2.25. The topological polar surface area (TPSA) is 103 Å². The van der Waals surface area contributed by atoms with Crippen molar-refractivity contribution < 1.29 is 14.3 Å². The third-order valence-corrected chi connectivity index (χ3v) is 7.16. The van der Waals surface area contributed by atoms with Gasteiger partial charge in [-0.1, -0.05) is 57.2 Å². The maximum Gasteiger partial charge on any atom is 0.332 e. The van der Waals surface area contributed by atoms with Crippen LogP contribution in [0, 0.1) is 6.92 Å². The predicted molar refractivity (Wildman–Crippen MR) is 159 cm³/mol. The molecule has 5 rings (SSSR count). The number of ether oxygens (including phenoxy) is 1. The smallest absolute Gasteiger partial charge is 0.332 e. The highest BCUT2D eigenvalue weighted by molar-refractivity contribution is 6.13. The van der Waals surface area contributed by atoms with Gasteiger partial charge in [0.15, 0.2) is 0 Å². The van der Waals surface area contributed by atoms with Crippen LogP contribution in [0.4, 0.5) is 27.7 Å². The summed E-state index contributed by atoms with van der Waals surface area (Å²) in [6, 6.07) is 19.0. The van der Waals surface area contributed by atoms with E-state index in [4.69, 9.17) is 4.74 Å². The highest BCUT2D eigenvalue weighted by Crippen LogP contribution is 2.35. The summed E-state index contributed by atoms with van der Waals surface area (Å²) in [5.41, 5.74) is 4.10. The van der Waals surface area contributed by atoms with Crippen LogP contribution in [0.25, 0.3) is 10.8 Å². The van der Waals surface area contributed by atoms with E-state index in [1.807, 2.05) is 49.4 Å². The van der Waals surface area contributed by atoms with Gasteiger partial charge >= 0.3 is 6.03 Å². The van der Waals surface area contributed by atoms with Crippen LogP contribution in [0.15, 0.2) is 66.9 Å². The Morgan fingerprint density at radius 3 is 2.27 bits per heavy atom. The van der Waals surface area contributed by atoms with Gasteiger partial charge in [-0.15, -0.1) is 0 Å². The van der Waals surface area contributed by atoms with Crippen LogP contribution < -0.4 is 15.5 Å². The van der Waals surface area contributed by atoms with Crippen molar-refractivity contribution in [2.75, 3.05) is 48.4 Å². The van der Waals surface area contributed by atoms with Gasteiger partial charge in [-0.25, -0.2) is 9.69 Å². The number of benzene rings is 3. The zero-order valence-electron chi connectivity index (χ0n) is 23.5. The number of aromatic amines is 1. The number of hydrogen-bond donors (Lipinski definition) is 3. The van der Waals surface area contributed by atoms with Crippen LogP contribution in [-0.2, 0) is 14.9 Å². The molecule has 40 heavy (non-hydrogen) atoms. The van der Waals surface area contributed by atoms with Crippen LogP contribution in [0.5, 0.6) is 0 Å². The molecule has 3 amide bonds. The van der Waals surface area contributed by atoms with E-state index in [-0.39, 0.29) is 17.4 Å². The number of amides is 3. The van der Waals surface area contributed by atoms with E-state index in [0.29, 0.717) is 37.0 Å². The van der Waals surface area contributed by atoms with Crippen molar-refractivity contribution in [1.82, 2.24) is 15.1 Å². The van der Waals surface area contributed by atoms with Crippen LogP contribution >= 0.6 is 0 Å². The monoisotopic (exact) mass is 540 g/mol. The fraction of sp³-hybridized carbons (Fsp3) is 0.323. The summed E-state index contributed by atoms with van der Waals surface area (Å²) >= 11 is 0. The van der Waals surface area contributed by atoms with Crippen LogP contribution in [0.2, 0.25) is 0 Å². The Hall–Kier alpha value is -4.21. The van der Waals surface area contributed by atoms with E-state index in [2.05, 4.69) is 58.6 Å². The second kappa shape index (κ2) is 11.5. The van der Waals surface area contributed by atoms with Crippen LogP contribution in [0.3, 0.4) is 0 Å². The second-order valence-electron chi connectivity index (χ2n) is 11.1. The van der Waals surface area contributed by atoms with Crippen molar-refractivity contribution in [2.24, 2.45) is 0 Å². The fourth-order valence-electron chi connectivity index (χ4n) is 4.88. The Morgan fingerprint density at radius 1 is 0.975 bits per heavy atom. The minimum absolute atomic E-state index is 0.0801. The quantitative estimate of drug-likeness (QED) is 0.286. The summed E-state index contributed by atoms with van der Waals surface area (Å²) in [5.74, 6) is 0.478. The normalized spacial score (nSPS) is 14.2. The second-order valence-corrected chi connectivity index (χ2v) is 11.1. The fourth-order valence-corrected chi connectivity index (χ4v) is 4.88. The number of hydrogen-bond acceptors (Lipinski definition) is 5. The summed E-state index contributed by atoms with van der Waals surface area (Å²) < 4.78 is 5.38. The third kappa shape index (κ3) is 6.00. The first kappa shape index (κ1) is 27.4. The number of carbonyl (C=O) groups excluding carboxylic acids is 2. The van der Waals surface area contributed by atoms with E-state index in [0.717, 1.165) is 40.7 Å². The number of nitrogens with zero attached hydrogens (tertiary/aromatic N) is 3. The first-order valence-electron chi connectivity index (χ1n) is 13.5. The number of H-pyrrole nitrogens is 1. The molecule has 1 fully saturated rings. The van der Waals surface area contributed by atoms with Gasteiger partial charge in [-0.3, -0.25) is 14.8 Å². The molecule has 9 heteroatoms. The molecule has 3 N–H and O–H groups in total. The number of urea groups is 1.